The molecule has 3 aromatic rings. The van der Waals surface area contributed by atoms with E-state index in [0.29, 0.717) is 41.5 Å². The number of hydrogen-bond donors (Lipinski definition) is 0. The van der Waals surface area contributed by atoms with Crippen LogP contribution in [0.15, 0.2) is 52.9 Å². The maximum absolute atomic E-state index is 13.9. The largest absolute Gasteiger partial charge is 0.419 e. The Morgan fingerprint density at radius 3 is 2.56 bits per heavy atom. The third-order valence-electron chi connectivity index (χ3n) is 4.30. The van der Waals surface area contributed by atoms with Crippen molar-refractivity contribution in [3.8, 4) is 11.5 Å². The summed E-state index contributed by atoms with van der Waals surface area (Å²) >= 11 is 6.18. The zero-order chi connectivity index (χ0) is 17.2. The molecule has 0 saturated heterocycles. The maximum atomic E-state index is 13.9. The summed E-state index contributed by atoms with van der Waals surface area (Å²) in [5.74, 6) is 0.732. The monoisotopic (exact) mass is 357 g/mol. The van der Waals surface area contributed by atoms with Gasteiger partial charge in [0.2, 0.25) is 11.8 Å². The Kier molecular flexibility index (Phi) is 4.51. The molecule has 0 aliphatic heterocycles. The smallest absolute Gasteiger partial charge is 0.249 e. The summed E-state index contributed by atoms with van der Waals surface area (Å²) in [5, 5.41) is 8.81. The lowest BCUT2D eigenvalue weighted by Gasteiger charge is -2.20. The molecule has 128 valence electrons. The highest BCUT2D eigenvalue weighted by molar-refractivity contribution is 6.33. The van der Waals surface area contributed by atoms with Gasteiger partial charge in [-0.15, -0.1) is 10.2 Å². The van der Waals surface area contributed by atoms with E-state index in [1.54, 1.807) is 12.1 Å². The van der Waals surface area contributed by atoms with Crippen LogP contribution in [0.2, 0.25) is 5.02 Å². The molecule has 1 fully saturated rings. The van der Waals surface area contributed by atoms with Crippen molar-refractivity contribution in [3.05, 3.63) is 70.8 Å². The second kappa shape index (κ2) is 6.94. The molecule has 0 amide bonds. The van der Waals surface area contributed by atoms with Gasteiger partial charge in [-0.25, -0.2) is 4.39 Å². The Hall–Kier alpha value is -2.24. The number of halogens is 2. The molecule has 1 saturated carbocycles. The first-order chi connectivity index (χ1) is 12.2. The quantitative estimate of drug-likeness (QED) is 0.641. The third kappa shape index (κ3) is 3.72. The normalized spacial score (nSPS) is 14.2. The lowest BCUT2D eigenvalue weighted by atomic mass is 10.2. The van der Waals surface area contributed by atoms with Crippen molar-refractivity contribution in [2.45, 2.75) is 32.0 Å². The van der Waals surface area contributed by atoms with E-state index in [1.165, 1.54) is 6.07 Å². The number of aromatic nitrogens is 2. The van der Waals surface area contributed by atoms with Crippen molar-refractivity contribution in [1.29, 1.82) is 0 Å². The van der Waals surface area contributed by atoms with E-state index < -0.39 is 0 Å². The zero-order valence-corrected chi connectivity index (χ0v) is 14.3. The molecule has 0 N–H and O–H groups in total. The van der Waals surface area contributed by atoms with Crippen LogP contribution in [0.1, 0.15) is 24.3 Å². The van der Waals surface area contributed by atoms with Gasteiger partial charge in [0.05, 0.1) is 17.1 Å². The van der Waals surface area contributed by atoms with Crippen LogP contribution in [-0.4, -0.2) is 21.1 Å². The topological polar surface area (TPSA) is 42.2 Å². The van der Waals surface area contributed by atoms with Gasteiger partial charge < -0.3 is 4.42 Å². The number of benzene rings is 2. The van der Waals surface area contributed by atoms with Gasteiger partial charge in [-0.1, -0.05) is 41.9 Å². The fourth-order valence-electron chi connectivity index (χ4n) is 2.83. The Labute approximate surface area is 150 Å². The molecule has 0 radical (unpaired) electrons. The van der Waals surface area contributed by atoms with Crippen LogP contribution in [0.5, 0.6) is 0 Å². The van der Waals surface area contributed by atoms with Gasteiger partial charge in [-0.05, 0) is 31.0 Å². The van der Waals surface area contributed by atoms with Crippen molar-refractivity contribution in [1.82, 2.24) is 15.1 Å². The molecule has 0 atom stereocenters. The molecule has 1 aliphatic carbocycles. The molecular formula is C19H17ClFN3O. The zero-order valence-electron chi connectivity index (χ0n) is 13.5. The summed E-state index contributed by atoms with van der Waals surface area (Å²) in [4.78, 5) is 2.18. The Balaban J connectivity index is 1.52. The molecule has 0 bridgehead atoms. The summed E-state index contributed by atoms with van der Waals surface area (Å²) in [7, 11) is 0. The van der Waals surface area contributed by atoms with Gasteiger partial charge in [0.1, 0.15) is 5.82 Å². The van der Waals surface area contributed by atoms with E-state index in [1.807, 2.05) is 30.3 Å². The molecule has 0 spiro atoms. The van der Waals surface area contributed by atoms with Gasteiger partial charge in [0, 0.05) is 18.2 Å². The SMILES string of the molecule is Fc1ccccc1CN(Cc1nnc(-c2ccccc2Cl)o1)C1CC1. The Morgan fingerprint density at radius 2 is 1.80 bits per heavy atom. The highest BCUT2D eigenvalue weighted by Crippen LogP contribution is 2.31. The second-order valence-electron chi connectivity index (χ2n) is 6.21. The highest BCUT2D eigenvalue weighted by atomic mass is 35.5. The molecule has 1 aromatic heterocycles. The summed E-state index contributed by atoms with van der Waals surface area (Å²) in [6.07, 6.45) is 2.22. The first-order valence-electron chi connectivity index (χ1n) is 8.25. The van der Waals surface area contributed by atoms with Crippen LogP contribution >= 0.6 is 11.6 Å². The van der Waals surface area contributed by atoms with Crippen molar-refractivity contribution in [2.24, 2.45) is 0 Å². The Bertz CT molecular complexity index is 878. The van der Waals surface area contributed by atoms with Gasteiger partial charge in [0.25, 0.3) is 0 Å². The predicted octanol–water partition coefficient (Wildman–Crippen LogP) is 4.69. The van der Waals surface area contributed by atoms with Crippen LogP contribution in [0.25, 0.3) is 11.5 Å². The molecule has 6 heteroatoms. The van der Waals surface area contributed by atoms with Gasteiger partial charge >= 0.3 is 0 Å². The van der Waals surface area contributed by atoms with E-state index in [9.17, 15) is 4.39 Å². The van der Waals surface area contributed by atoms with Gasteiger partial charge in [0.15, 0.2) is 0 Å². The minimum atomic E-state index is -0.185. The first kappa shape index (κ1) is 16.2. The van der Waals surface area contributed by atoms with Crippen LogP contribution in [0.3, 0.4) is 0 Å². The van der Waals surface area contributed by atoms with E-state index in [4.69, 9.17) is 16.0 Å². The van der Waals surface area contributed by atoms with Crippen molar-refractivity contribution in [3.63, 3.8) is 0 Å². The van der Waals surface area contributed by atoms with Crippen molar-refractivity contribution >= 4 is 11.6 Å². The minimum Gasteiger partial charge on any atom is -0.419 e. The standard InChI is InChI=1S/C19H17ClFN3O/c20-16-7-3-2-6-15(16)19-23-22-18(25-19)12-24(14-9-10-14)11-13-5-1-4-8-17(13)21/h1-8,14H,9-12H2. The maximum Gasteiger partial charge on any atom is 0.249 e. The van der Waals surface area contributed by atoms with Crippen LogP contribution in [0.4, 0.5) is 4.39 Å². The van der Waals surface area contributed by atoms with Crippen LogP contribution in [-0.2, 0) is 13.1 Å². The fourth-order valence-corrected chi connectivity index (χ4v) is 3.05. The predicted molar refractivity (Wildman–Crippen MR) is 93.4 cm³/mol. The average Bonchev–Trinajstić information content (AvgIpc) is 3.36. The van der Waals surface area contributed by atoms with E-state index in [2.05, 4.69) is 15.1 Å². The summed E-state index contributed by atoms with van der Waals surface area (Å²) in [6.45, 7) is 1.03. The summed E-state index contributed by atoms with van der Waals surface area (Å²) in [6, 6.07) is 14.7. The fraction of sp³-hybridized carbons (Fsp3) is 0.263. The average molecular weight is 358 g/mol. The number of hydrogen-bond acceptors (Lipinski definition) is 4. The Morgan fingerprint density at radius 1 is 1.04 bits per heavy atom. The molecule has 0 unspecified atom stereocenters. The van der Waals surface area contributed by atoms with Crippen molar-refractivity contribution < 1.29 is 8.81 Å². The minimum absolute atomic E-state index is 0.185. The molecular weight excluding hydrogens is 341 g/mol. The summed E-state index contributed by atoms with van der Waals surface area (Å²) in [5.41, 5.74) is 1.40. The lowest BCUT2D eigenvalue weighted by Crippen LogP contribution is -2.25. The van der Waals surface area contributed by atoms with Crippen LogP contribution < -0.4 is 0 Å². The van der Waals surface area contributed by atoms with E-state index in [-0.39, 0.29) is 5.82 Å². The number of rotatable bonds is 6. The number of nitrogens with zero attached hydrogens (tertiary/aromatic N) is 3. The molecule has 4 nitrogen and oxygen atoms in total. The summed E-state index contributed by atoms with van der Waals surface area (Å²) < 4.78 is 19.7. The molecule has 1 aliphatic rings. The van der Waals surface area contributed by atoms with E-state index >= 15 is 0 Å². The van der Waals surface area contributed by atoms with Crippen LogP contribution in [0, 0.1) is 5.82 Å². The van der Waals surface area contributed by atoms with Crippen molar-refractivity contribution in [2.75, 3.05) is 0 Å². The van der Waals surface area contributed by atoms with Gasteiger partial charge in [-0.2, -0.15) is 0 Å². The molecule has 1 heterocycles. The molecule has 4 rings (SSSR count). The molecule has 2 aromatic carbocycles. The third-order valence-corrected chi connectivity index (χ3v) is 4.63. The molecule has 25 heavy (non-hydrogen) atoms. The second-order valence-corrected chi connectivity index (χ2v) is 6.62. The van der Waals surface area contributed by atoms with Gasteiger partial charge in [-0.3, -0.25) is 4.90 Å². The van der Waals surface area contributed by atoms with E-state index in [0.717, 1.165) is 18.4 Å². The highest BCUT2D eigenvalue weighted by Gasteiger charge is 2.30. The first-order valence-corrected chi connectivity index (χ1v) is 8.63. The lowest BCUT2D eigenvalue weighted by molar-refractivity contribution is 0.218.